The van der Waals surface area contributed by atoms with Crippen molar-refractivity contribution in [1.29, 1.82) is 0 Å². The molecule has 1 saturated heterocycles. The van der Waals surface area contributed by atoms with E-state index in [4.69, 9.17) is 9.47 Å². The normalized spacial score (nSPS) is 30.1. The summed E-state index contributed by atoms with van der Waals surface area (Å²) in [5.41, 5.74) is 3.24. The van der Waals surface area contributed by atoms with Crippen LogP contribution in [0.1, 0.15) is 62.3 Å². The third-order valence-electron chi connectivity index (χ3n) is 9.44. The molecule has 6 rings (SSSR count). The van der Waals surface area contributed by atoms with Crippen LogP contribution in [0.25, 0.3) is 0 Å². The quantitative estimate of drug-likeness (QED) is 0.440. The first-order valence-electron chi connectivity index (χ1n) is 14.2. The van der Waals surface area contributed by atoms with Crippen LogP contribution in [0.3, 0.4) is 0 Å². The first-order chi connectivity index (χ1) is 18.7. The van der Waals surface area contributed by atoms with Crippen LogP contribution in [0, 0.1) is 24.7 Å². The van der Waals surface area contributed by atoms with Crippen molar-refractivity contribution in [2.24, 2.45) is 5.92 Å². The number of carbonyl (C=O) groups excluding carboxylic acids is 2. The van der Waals surface area contributed by atoms with Crippen LogP contribution >= 0.6 is 0 Å². The van der Waals surface area contributed by atoms with Gasteiger partial charge in [0.15, 0.2) is 0 Å². The van der Waals surface area contributed by atoms with Crippen LogP contribution in [0.5, 0.6) is 5.75 Å². The number of hydrogen-bond acceptors (Lipinski definition) is 5. The highest BCUT2D eigenvalue weighted by molar-refractivity contribution is 5.94. The van der Waals surface area contributed by atoms with Gasteiger partial charge in [-0.2, -0.15) is 0 Å². The highest BCUT2D eigenvalue weighted by Crippen LogP contribution is 2.65. The van der Waals surface area contributed by atoms with Crippen molar-refractivity contribution in [1.82, 2.24) is 9.80 Å². The molecule has 4 aliphatic rings. The van der Waals surface area contributed by atoms with Gasteiger partial charge in [-0.05, 0) is 81.4 Å². The molecule has 5 atom stereocenters. The Morgan fingerprint density at radius 1 is 1.21 bits per heavy atom. The Labute approximate surface area is 231 Å². The van der Waals surface area contributed by atoms with E-state index in [0.717, 1.165) is 36.3 Å². The number of rotatable bonds is 4. The van der Waals surface area contributed by atoms with Crippen molar-refractivity contribution in [3.63, 3.8) is 0 Å². The third-order valence-corrected chi connectivity index (χ3v) is 9.44. The van der Waals surface area contributed by atoms with Crippen LogP contribution < -0.4 is 4.74 Å². The van der Waals surface area contributed by atoms with Gasteiger partial charge >= 0.3 is 5.97 Å². The van der Waals surface area contributed by atoms with Gasteiger partial charge in [-0.15, -0.1) is 0 Å². The maximum atomic E-state index is 13.8. The predicted molar refractivity (Wildman–Crippen MR) is 149 cm³/mol. The maximum absolute atomic E-state index is 13.8. The summed E-state index contributed by atoms with van der Waals surface area (Å²) in [6.45, 7) is 9.29. The molecular formula is C33H38N2O4. The van der Waals surface area contributed by atoms with Crippen molar-refractivity contribution in [3.8, 4) is 17.6 Å². The number of aryl methyl sites for hydroxylation is 1. The van der Waals surface area contributed by atoms with E-state index in [-0.39, 0.29) is 36.0 Å². The van der Waals surface area contributed by atoms with Crippen molar-refractivity contribution in [3.05, 3.63) is 64.7 Å². The number of benzene rings is 2. The SMILES string of the molecule is CC(=O)O[C@@]12CC[C@H](N(CC(C)C)C(=O)C#Cc3cccc(C)c3)[C@@H]3Oc4cccc5c4[C@@]31CCN(C)[C@@H]2C5. The summed E-state index contributed by atoms with van der Waals surface area (Å²) in [6, 6.07) is 14.1. The van der Waals surface area contributed by atoms with Crippen molar-refractivity contribution < 1.29 is 19.1 Å². The minimum absolute atomic E-state index is 0.0680. The molecule has 2 aliphatic heterocycles. The largest absolute Gasteiger partial charge is 0.487 e. The Balaban J connectivity index is 1.45. The van der Waals surface area contributed by atoms with Crippen molar-refractivity contribution in [2.45, 2.75) is 82.6 Å². The highest BCUT2D eigenvalue weighted by atomic mass is 16.6. The average molecular weight is 527 g/mol. The number of likely N-dealkylation sites (N-methyl/N-ethyl adjacent to an activating group) is 1. The summed E-state index contributed by atoms with van der Waals surface area (Å²) in [6.07, 6.45) is 2.72. The number of ether oxygens (including phenoxy) is 2. The number of amides is 1. The van der Waals surface area contributed by atoms with E-state index in [9.17, 15) is 9.59 Å². The van der Waals surface area contributed by atoms with Gasteiger partial charge in [0.2, 0.25) is 0 Å². The average Bonchev–Trinajstić information content (AvgIpc) is 3.23. The second-order valence-corrected chi connectivity index (χ2v) is 12.3. The predicted octanol–water partition coefficient (Wildman–Crippen LogP) is 4.25. The van der Waals surface area contributed by atoms with Gasteiger partial charge in [-0.1, -0.05) is 44.0 Å². The minimum atomic E-state index is -0.688. The summed E-state index contributed by atoms with van der Waals surface area (Å²) in [5.74, 6) is 6.79. The van der Waals surface area contributed by atoms with E-state index in [1.54, 1.807) is 0 Å². The Hall–Kier alpha value is -3.30. The summed E-state index contributed by atoms with van der Waals surface area (Å²) in [4.78, 5) is 30.8. The molecule has 0 aromatic heterocycles. The van der Waals surface area contributed by atoms with Crippen LogP contribution in [0.4, 0.5) is 0 Å². The fourth-order valence-corrected chi connectivity index (χ4v) is 8.13. The number of carbonyl (C=O) groups is 2. The molecule has 2 heterocycles. The smallest absolute Gasteiger partial charge is 0.303 e. The van der Waals surface area contributed by atoms with E-state index in [2.05, 4.69) is 49.8 Å². The van der Waals surface area contributed by atoms with Crippen LogP contribution in [-0.4, -0.2) is 65.6 Å². The number of piperidine rings is 1. The molecule has 2 aliphatic carbocycles. The molecule has 0 unspecified atom stereocenters. The Morgan fingerprint density at radius 3 is 2.74 bits per heavy atom. The lowest BCUT2D eigenvalue weighted by atomic mass is 9.48. The van der Waals surface area contributed by atoms with E-state index in [0.29, 0.717) is 19.4 Å². The van der Waals surface area contributed by atoms with Crippen LogP contribution in [0.15, 0.2) is 42.5 Å². The molecule has 2 bridgehead atoms. The molecule has 39 heavy (non-hydrogen) atoms. The molecule has 1 saturated carbocycles. The second kappa shape index (κ2) is 9.41. The van der Waals surface area contributed by atoms with Gasteiger partial charge in [0, 0.05) is 30.5 Å². The summed E-state index contributed by atoms with van der Waals surface area (Å²) >= 11 is 0. The summed E-state index contributed by atoms with van der Waals surface area (Å²) in [5, 5.41) is 0. The number of hydrogen-bond donors (Lipinski definition) is 0. The molecule has 0 N–H and O–H groups in total. The number of likely N-dealkylation sites (tertiary alicyclic amines) is 1. The summed E-state index contributed by atoms with van der Waals surface area (Å²) in [7, 11) is 2.14. The monoisotopic (exact) mass is 526 g/mol. The van der Waals surface area contributed by atoms with E-state index < -0.39 is 11.0 Å². The highest BCUT2D eigenvalue weighted by Gasteiger charge is 2.75. The first kappa shape index (κ1) is 26.0. The van der Waals surface area contributed by atoms with Crippen LogP contribution in [0.2, 0.25) is 0 Å². The van der Waals surface area contributed by atoms with Crippen molar-refractivity contribution >= 4 is 11.9 Å². The van der Waals surface area contributed by atoms with Gasteiger partial charge in [-0.3, -0.25) is 14.5 Å². The first-order valence-corrected chi connectivity index (χ1v) is 14.2. The Morgan fingerprint density at radius 2 is 2.00 bits per heavy atom. The number of nitrogens with zero attached hydrogens (tertiary/aromatic N) is 2. The molecular weight excluding hydrogens is 488 g/mol. The molecule has 1 amide bonds. The zero-order valence-corrected chi connectivity index (χ0v) is 23.6. The lowest BCUT2D eigenvalue weighted by Gasteiger charge is -2.65. The van der Waals surface area contributed by atoms with Gasteiger partial charge in [0.05, 0.1) is 17.5 Å². The Kier molecular flexibility index (Phi) is 6.26. The zero-order chi connectivity index (χ0) is 27.5. The molecule has 2 aromatic carbocycles. The van der Waals surface area contributed by atoms with Gasteiger partial charge in [0.25, 0.3) is 5.91 Å². The lowest BCUT2D eigenvalue weighted by molar-refractivity contribution is -0.221. The maximum Gasteiger partial charge on any atom is 0.303 e. The standard InChI is InChI=1S/C33H38N2O4/c1-21(2)20-35(29(37)13-12-24-9-6-8-22(3)18-24)26-14-15-33(39-23(4)36)28-19-25-10-7-11-27-30(25)32(33,31(26)38-27)16-17-34(28)5/h6-11,18,21,26,28,31H,14-17,19-20H2,1-5H3/t26-,28+,31-,32-,33+/m0/s1. The zero-order valence-electron chi connectivity index (χ0n) is 23.6. The molecule has 2 fully saturated rings. The third kappa shape index (κ3) is 3.89. The van der Waals surface area contributed by atoms with E-state index in [1.165, 1.54) is 18.1 Å². The van der Waals surface area contributed by atoms with Gasteiger partial charge in [-0.25, -0.2) is 0 Å². The molecule has 6 heteroatoms. The molecule has 2 aromatic rings. The topological polar surface area (TPSA) is 59.1 Å². The van der Waals surface area contributed by atoms with Gasteiger partial charge in [0.1, 0.15) is 17.5 Å². The summed E-state index contributed by atoms with van der Waals surface area (Å²) < 4.78 is 13.3. The number of esters is 1. The van der Waals surface area contributed by atoms with E-state index >= 15 is 0 Å². The molecule has 6 nitrogen and oxygen atoms in total. The fraction of sp³-hybridized carbons (Fsp3) is 0.515. The minimum Gasteiger partial charge on any atom is -0.487 e. The van der Waals surface area contributed by atoms with Crippen LogP contribution in [-0.2, 0) is 26.2 Å². The van der Waals surface area contributed by atoms with Gasteiger partial charge < -0.3 is 14.4 Å². The second-order valence-electron chi connectivity index (χ2n) is 12.3. The molecule has 0 radical (unpaired) electrons. The fourth-order valence-electron chi connectivity index (χ4n) is 8.13. The lowest BCUT2D eigenvalue weighted by Crippen LogP contribution is -2.79. The Bertz CT molecular complexity index is 1390. The molecule has 1 spiro atoms. The van der Waals surface area contributed by atoms with Crippen molar-refractivity contribution in [2.75, 3.05) is 20.1 Å². The van der Waals surface area contributed by atoms with E-state index in [1.807, 2.05) is 42.2 Å². The molecule has 204 valence electrons.